The van der Waals surface area contributed by atoms with Gasteiger partial charge in [0, 0.05) is 32.8 Å². The molecule has 2 heteroatoms. The van der Waals surface area contributed by atoms with Gasteiger partial charge in [0.05, 0.1) is 28.1 Å². The van der Waals surface area contributed by atoms with Gasteiger partial charge in [0.1, 0.15) is 0 Å². The number of hydrogen-bond acceptors (Lipinski definition) is 1. The summed E-state index contributed by atoms with van der Waals surface area (Å²) in [7, 11) is 0. The van der Waals surface area contributed by atoms with E-state index >= 15 is 0 Å². The molecule has 0 radical (unpaired) electrons. The topological polar surface area (TPSA) is 8.17 Å². The molecule has 0 amide bonds. The average molecular weight is 761 g/mol. The second-order valence-electron chi connectivity index (χ2n) is 16.1. The second-order valence-corrected chi connectivity index (χ2v) is 16.1. The predicted octanol–water partition coefficient (Wildman–Crippen LogP) is 16.2. The quantitative estimate of drug-likeness (QED) is 0.170. The Hall–Kier alpha value is -7.94. The fourth-order valence-corrected chi connectivity index (χ4v) is 10.2. The van der Waals surface area contributed by atoms with Crippen molar-refractivity contribution in [3.63, 3.8) is 0 Å². The van der Waals surface area contributed by atoms with E-state index in [1.807, 2.05) is 0 Å². The molecule has 0 spiro atoms. The van der Waals surface area contributed by atoms with Crippen LogP contribution in [0, 0.1) is 0 Å². The molecule has 1 aromatic heterocycles. The molecule has 12 aromatic rings. The number of para-hydroxylation sites is 2. The van der Waals surface area contributed by atoms with Gasteiger partial charge < -0.3 is 9.47 Å². The van der Waals surface area contributed by atoms with Crippen LogP contribution in [0.1, 0.15) is 0 Å². The van der Waals surface area contributed by atoms with Crippen molar-refractivity contribution in [1.82, 2.24) is 4.57 Å². The van der Waals surface area contributed by atoms with E-state index in [1.54, 1.807) is 0 Å². The van der Waals surface area contributed by atoms with Crippen molar-refractivity contribution in [2.45, 2.75) is 0 Å². The Labute approximate surface area is 347 Å². The lowest BCUT2D eigenvalue weighted by Gasteiger charge is -2.30. The lowest BCUT2D eigenvalue weighted by atomic mass is 9.97. The fourth-order valence-electron chi connectivity index (χ4n) is 10.2. The van der Waals surface area contributed by atoms with E-state index in [2.05, 4.69) is 228 Å². The first kappa shape index (κ1) is 33.1. The smallest absolute Gasteiger partial charge is 0.0547 e. The summed E-state index contributed by atoms with van der Waals surface area (Å²) in [6.45, 7) is 0. The van der Waals surface area contributed by atoms with E-state index in [4.69, 9.17) is 0 Å². The van der Waals surface area contributed by atoms with E-state index in [-0.39, 0.29) is 0 Å². The molecule has 0 atom stereocenters. The molecule has 0 unspecified atom stereocenters. The fraction of sp³-hybridized carbons (Fsp3) is 0. The first-order valence-corrected chi connectivity index (χ1v) is 20.8. The number of nitrogens with zero attached hydrogens (tertiary/aromatic N) is 2. The van der Waals surface area contributed by atoms with Crippen LogP contribution in [0.15, 0.2) is 218 Å². The van der Waals surface area contributed by atoms with Crippen LogP contribution >= 0.6 is 0 Å². The third-order valence-electron chi connectivity index (χ3n) is 12.9. The Morgan fingerprint density at radius 3 is 1.77 bits per heavy atom. The number of anilines is 3. The molecule has 11 aromatic carbocycles. The van der Waals surface area contributed by atoms with Crippen LogP contribution in [0.5, 0.6) is 0 Å². The van der Waals surface area contributed by atoms with E-state index in [0.29, 0.717) is 0 Å². The van der Waals surface area contributed by atoms with Crippen molar-refractivity contribution in [2.75, 3.05) is 4.90 Å². The molecule has 1 aliphatic carbocycles. The predicted molar refractivity (Wildman–Crippen MR) is 255 cm³/mol. The van der Waals surface area contributed by atoms with Gasteiger partial charge in [0.25, 0.3) is 0 Å². The van der Waals surface area contributed by atoms with E-state index in [1.165, 1.54) is 98.3 Å². The Bertz CT molecular complexity index is 3730. The average Bonchev–Trinajstić information content (AvgIpc) is 3.81. The van der Waals surface area contributed by atoms with Crippen molar-refractivity contribution in [1.29, 1.82) is 0 Å². The van der Waals surface area contributed by atoms with Crippen LogP contribution in [0.4, 0.5) is 17.1 Å². The molecule has 1 aliphatic rings. The highest BCUT2D eigenvalue weighted by Gasteiger charge is 2.26. The Morgan fingerprint density at radius 1 is 0.300 bits per heavy atom. The third-order valence-corrected chi connectivity index (χ3v) is 12.9. The Morgan fingerprint density at radius 2 is 0.933 bits per heavy atom. The van der Waals surface area contributed by atoms with Gasteiger partial charge in [-0.3, -0.25) is 0 Å². The number of aromatic nitrogens is 1. The molecule has 0 aliphatic heterocycles. The molecule has 2 nitrogen and oxygen atoms in total. The summed E-state index contributed by atoms with van der Waals surface area (Å²) in [6, 6.07) is 80.8. The van der Waals surface area contributed by atoms with E-state index in [0.717, 1.165) is 22.7 Å². The van der Waals surface area contributed by atoms with Gasteiger partial charge in [0.2, 0.25) is 0 Å². The number of fused-ring (bicyclic) bond motifs is 9. The molecule has 0 bridgehead atoms. The monoisotopic (exact) mass is 760 g/mol. The minimum atomic E-state index is 1.12. The summed E-state index contributed by atoms with van der Waals surface area (Å²) in [5.41, 5.74) is 14.5. The molecule has 0 fully saturated rings. The van der Waals surface area contributed by atoms with Gasteiger partial charge in [-0.2, -0.15) is 0 Å². The number of benzene rings is 11. The van der Waals surface area contributed by atoms with Crippen molar-refractivity contribution < 1.29 is 0 Å². The van der Waals surface area contributed by atoms with Crippen molar-refractivity contribution in [3.8, 4) is 39.1 Å². The van der Waals surface area contributed by atoms with Gasteiger partial charge in [0.15, 0.2) is 0 Å². The number of rotatable bonds is 5. The van der Waals surface area contributed by atoms with Crippen LogP contribution in [0.25, 0.3) is 104 Å². The molecule has 60 heavy (non-hydrogen) atoms. The van der Waals surface area contributed by atoms with E-state index < -0.39 is 0 Å². The molecule has 0 saturated heterocycles. The lowest BCUT2D eigenvalue weighted by molar-refractivity contribution is 1.19. The molecule has 1 heterocycles. The van der Waals surface area contributed by atoms with Crippen LogP contribution in [0.2, 0.25) is 0 Å². The Kier molecular flexibility index (Phi) is 7.05. The normalized spacial score (nSPS) is 12.0. The highest BCUT2D eigenvalue weighted by atomic mass is 15.1. The molecule has 278 valence electrons. The first-order valence-electron chi connectivity index (χ1n) is 20.8. The standard InChI is InChI=1S/C58H36N2/c1-2-14-39-33-42(28-27-37(39)13-1)44-19-7-9-25-53(44)59(43-29-30-45-49-23-11-17-38-18-12-24-50(58(38)49)51(45)36-43)55-31-32-56(47-21-6-5-20-46(47)55)60-54-26-10-8-22-48(54)52-34-40-15-3-4-16-41(40)35-57(52)60/h1-36H. The second kappa shape index (κ2) is 12.8. The maximum absolute atomic E-state index is 2.50. The van der Waals surface area contributed by atoms with Gasteiger partial charge in [-0.25, -0.2) is 0 Å². The van der Waals surface area contributed by atoms with Crippen molar-refractivity contribution in [3.05, 3.63) is 218 Å². The summed E-state index contributed by atoms with van der Waals surface area (Å²) in [4.78, 5) is 2.50. The molecule has 0 saturated carbocycles. The van der Waals surface area contributed by atoms with Crippen LogP contribution in [0.3, 0.4) is 0 Å². The molecular weight excluding hydrogens is 725 g/mol. The van der Waals surface area contributed by atoms with Gasteiger partial charge in [-0.05, 0) is 115 Å². The Balaban J connectivity index is 1.08. The van der Waals surface area contributed by atoms with Crippen molar-refractivity contribution in [2.24, 2.45) is 0 Å². The molecule has 0 N–H and O–H groups in total. The minimum absolute atomic E-state index is 1.12. The summed E-state index contributed by atoms with van der Waals surface area (Å²) in [5, 5.41) is 12.5. The minimum Gasteiger partial charge on any atom is -0.309 e. The van der Waals surface area contributed by atoms with Gasteiger partial charge in [-0.15, -0.1) is 0 Å². The summed E-state index contributed by atoms with van der Waals surface area (Å²) < 4.78 is 2.48. The summed E-state index contributed by atoms with van der Waals surface area (Å²) in [5.74, 6) is 0. The zero-order valence-corrected chi connectivity index (χ0v) is 32.7. The van der Waals surface area contributed by atoms with Gasteiger partial charge >= 0.3 is 0 Å². The summed E-state index contributed by atoms with van der Waals surface area (Å²) in [6.07, 6.45) is 0. The number of hydrogen-bond donors (Lipinski definition) is 0. The molecular formula is C58H36N2. The summed E-state index contributed by atoms with van der Waals surface area (Å²) >= 11 is 0. The van der Waals surface area contributed by atoms with Gasteiger partial charge in [-0.1, -0.05) is 164 Å². The van der Waals surface area contributed by atoms with Crippen LogP contribution in [-0.4, -0.2) is 4.57 Å². The maximum atomic E-state index is 2.50. The van der Waals surface area contributed by atoms with Crippen LogP contribution in [-0.2, 0) is 0 Å². The first-order chi connectivity index (χ1) is 29.8. The highest BCUT2D eigenvalue weighted by molar-refractivity contribution is 6.17. The maximum Gasteiger partial charge on any atom is 0.0547 e. The lowest BCUT2D eigenvalue weighted by Crippen LogP contribution is -2.12. The van der Waals surface area contributed by atoms with Crippen molar-refractivity contribution >= 4 is 82.0 Å². The third kappa shape index (κ3) is 4.82. The zero-order valence-electron chi connectivity index (χ0n) is 32.7. The van der Waals surface area contributed by atoms with Crippen LogP contribution < -0.4 is 4.90 Å². The largest absolute Gasteiger partial charge is 0.309 e. The SMILES string of the molecule is c1ccc(N(c2ccc3c(c2)-c2cccc4cccc-3c24)c2ccc(-n3c4ccccc4c4cc5ccccc5cc43)c3ccccc23)c(-c2ccc3ccccc3c2)c1. The highest BCUT2D eigenvalue weighted by Crippen LogP contribution is 2.51. The molecule has 13 rings (SSSR count). The zero-order chi connectivity index (χ0) is 39.3. The van der Waals surface area contributed by atoms with E-state index in [9.17, 15) is 0 Å².